The van der Waals surface area contributed by atoms with Crippen molar-refractivity contribution in [1.82, 2.24) is 0 Å². The molecule has 0 aromatic carbocycles. The minimum Gasteiger partial charge on any atom is -0.468 e. The maximum atomic E-state index is 8.86. The fourth-order valence-corrected chi connectivity index (χ4v) is 0.353. The highest BCUT2D eigenvalue weighted by Crippen LogP contribution is 2.07. The predicted molar refractivity (Wildman–Crippen MR) is 31.9 cm³/mol. The SMILES string of the molecule is [CH2]C(=C)OC(C)(C)O. The van der Waals surface area contributed by atoms with Crippen LogP contribution in [-0.2, 0) is 4.74 Å². The van der Waals surface area contributed by atoms with E-state index in [0.717, 1.165) is 0 Å². The molecular formula is C6H11O2. The van der Waals surface area contributed by atoms with E-state index in [4.69, 9.17) is 5.11 Å². The van der Waals surface area contributed by atoms with Crippen molar-refractivity contribution in [3.63, 3.8) is 0 Å². The quantitative estimate of drug-likeness (QED) is 0.431. The molecule has 2 heteroatoms. The van der Waals surface area contributed by atoms with E-state index in [2.05, 4.69) is 18.2 Å². The van der Waals surface area contributed by atoms with Gasteiger partial charge in [0.15, 0.2) is 0 Å². The number of hydrogen-bond donors (Lipinski definition) is 1. The first-order valence-electron chi connectivity index (χ1n) is 2.34. The molecule has 0 saturated carbocycles. The standard InChI is InChI=1S/C6H11O2/c1-5(2)8-6(3,4)7/h7H,1-2H2,3-4H3. The van der Waals surface area contributed by atoms with Crippen LogP contribution in [-0.4, -0.2) is 10.9 Å². The van der Waals surface area contributed by atoms with Gasteiger partial charge in [0.05, 0.1) is 5.76 Å². The molecule has 0 fully saturated rings. The number of allylic oxidation sites excluding steroid dienone is 1. The van der Waals surface area contributed by atoms with Gasteiger partial charge in [-0.1, -0.05) is 6.58 Å². The summed E-state index contributed by atoms with van der Waals surface area (Å²) in [5.74, 6) is -0.865. The van der Waals surface area contributed by atoms with Crippen LogP contribution in [0, 0.1) is 6.92 Å². The van der Waals surface area contributed by atoms with Crippen molar-refractivity contribution in [3.05, 3.63) is 19.3 Å². The van der Waals surface area contributed by atoms with Gasteiger partial charge in [-0.05, 0) is 0 Å². The monoisotopic (exact) mass is 115 g/mol. The molecule has 1 radical (unpaired) electrons. The molecule has 2 nitrogen and oxygen atoms in total. The fourth-order valence-electron chi connectivity index (χ4n) is 0.353. The summed E-state index contributed by atoms with van der Waals surface area (Å²) >= 11 is 0. The lowest BCUT2D eigenvalue weighted by atomic mass is 10.4. The number of rotatable bonds is 2. The van der Waals surface area contributed by atoms with Gasteiger partial charge in [-0.2, -0.15) is 0 Å². The summed E-state index contributed by atoms with van der Waals surface area (Å²) in [4.78, 5) is 0. The first-order valence-corrected chi connectivity index (χ1v) is 2.34. The number of ether oxygens (including phenoxy) is 1. The Hall–Kier alpha value is -0.500. The van der Waals surface area contributed by atoms with Gasteiger partial charge < -0.3 is 9.84 Å². The summed E-state index contributed by atoms with van der Waals surface area (Å²) in [5, 5.41) is 8.86. The molecule has 8 heavy (non-hydrogen) atoms. The van der Waals surface area contributed by atoms with Crippen LogP contribution in [0.15, 0.2) is 12.3 Å². The molecule has 0 heterocycles. The molecular weight excluding hydrogens is 104 g/mol. The van der Waals surface area contributed by atoms with Crippen LogP contribution in [0.1, 0.15) is 13.8 Å². The minimum absolute atomic E-state index is 0.275. The largest absolute Gasteiger partial charge is 0.468 e. The maximum Gasteiger partial charge on any atom is 0.201 e. The first-order chi connectivity index (χ1) is 3.42. The Kier molecular flexibility index (Phi) is 2.04. The molecule has 0 aliphatic rings. The van der Waals surface area contributed by atoms with Crippen LogP contribution >= 0.6 is 0 Å². The predicted octanol–water partition coefficient (Wildman–Crippen LogP) is 1.08. The van der Waals surface area contributed by atoms with Gasteiger partial charge in [-0.25, -0.2) is 0 Å². The van der Waals surface area contributed by atoms with Crippen molar-refractivity contribution in [2.75, 3.05) is 0 Å². The molecule has 0 saturated heterocycles. The zero-order chi connectivity index (χ0) is 6.78. The van der Waals surface area contributed by atoms with Crippen molar-refractivity contribution in [2.24, 2.45) is 0 Å². The third-order valence-electron chi connectivity index (χ3n) is 0.394. The van der Waals surface area contributed by atoms with E-state index in [1.807, 2.05) is 0 Å². The third-order valence-corrected chi connectivity index (χ3v) is 0.394. The Bertz CT molecular complexity index is 89.2. The van der Waals surface area contributed by atoms with Crippen LogP contribution in [0.2, 0.25) is 0 Å². The molecule has 0 aliphatic heterocycles. The highest BCUT2D eigenvalue weighted by Gasteiger charge is 2.11. The van der Waals surface area contributed by atoms with Crippen molar-refractivity contribution in [1.29, 1.82) is 0 Å². The molecule has 0 atom stereocenters. The average Bonchev–Trinajstić information content (AvgIpc) is 1.21. The molecule has 0 bridgehead atoms. The summed E-state index contributed by atoms with van der Waals surface area (Å²) in [6, 6.07) is 0. The van der Waals surface area contributed by atoms with E-state index < -0.39 is 5.79 Å². The van der Waals surface area contributed by atoms with Gasteiger partial charge in [0.2, 0.25) is 5.79 Å². The second-order valence-corrected chi connectivity index (χ2v) is 2.09. The van der Waals surface area contributed by atoms with Crippen molar-refractivity contribution in [3.8, 4) is 0 Å². The lowest BCUT2D eigenvalue weighted by Crippen LogP contribution is -2.21. The van der Waals surface area contributed by atoms with Gasteiger partial charge in [0, 0.05) is 20.8 Å². The maximum absolute atomic E-state index is 8.86. The lowest BCUT2D eigenvalue weighted by molar-refractivity contribution is -0.143. The highest BCUT2D eigenvalue weighted by atomic mass is 16.6. The van der Waals surface area contributed by atoms with Crippen LogP contribution in [0.3, 0.4) is 0 Å². The zero-order valence-electron chi connectivity index (χ0n) is 5.27. The Balaban J connectivity index is 3.55. The molecule has 0 rings (SSSR count). The Labute approximate surface area is 49.8 Å². The van der Waals surface area contributed by atoms with Crippen molar-refractivity contribution >= 4 is 0 Å². The van der Waals surface area contributed by atoms with Crippen molar-refractivity contribution in [2.45, 2.75) is 19.6 Å². The third kappa shape index (κ3) is 5.50. The number of aliphatic hydroxyl groups is 1. The van der Waals surface area contributed by atoms with Crippen LogP contribution in [0.5, 0.6) is 0 Å². The summed E-state index contributed by atoms with van der Waals surface area (Å²) < 4.78 is 4.69. The van der Waals surface area contributed by atoms with Crippen LogP contribution in [0.4, 0.5) is 0 Å². The van der Waals surface area contributed by atoms with Crippen LogP contribution in [0.25, 0.3) is 0 Å². The van der Waals surface area contributed by atoms with E-state index in [1.54, 1.807) is 0 Å². The molecule has 0 aliphatic carbocycles. The summed E-state index contributed by atoms with van der Waals surface area (Å²) in [5.41, 5.74) is 0. The highest BCUT2D eigenvalue weighted by molar-refractivity contribution is 4.86. The molecule has 0 aromatic heterocycles. The molecule has 0 aromatic rings. The number of hydrogen-bond acceptors (Lipinski definition) is 2. The van der Waals surface area contributed by atoms with Gasteiger partial charge in [-0.15, -0.1) is 0 Å². The van der Waals surface area contributed by atoms with Gasteiger partial charge in [-0.3, -0.25) is 0 Å². The summed E-state index contributed by atoms with van der Waals surface area (Å²) in [6.45, 7) is 9.73. The molecule has 0 spiro atoms. The average molecular weight is 115 g/mol. The molecule has 0 unspecified atom stereocenters. The molecule has 1 N–H and O–H groups in total. The van der Waals surface area contributed by atoms with E-state index >= 15 is 0 Å². The fraction of sp³-hybridized carbons (Fsp3) is 0.500. The normalized spacial score (nSPS) is 11.0. The Morgan fingerprint density at radius 1 is 1.62 bits per heavy atom. The van der Waals surface area contributed by atoms with E-state index in [9.17, 15) is 0 Å². The topological polar surface area (TPSA) is 29.5 Å². The summed E-state index contributed by atoms with van der Waals surface area (Å²) in [6.07, 6.45) is 0. The Morgan fingerprint density at radius 3 is 2.00 bits per heavy atom. The first kappa shape index (κ1) is 7.50. The van der Waals surface area contributed by atoms with Crippen LogP contribution < -0.4 is 0 Å². The van der Waals surface area contributed by atoms with Gasteiger partial charge in [0.1, 0.15) is 0 Å². The van der Waals surface area contributed by atoms with Crippen molar-refractivity contribution < 1.29 is 9.84 Å². The lowest BCUT2D eigenvalue weighted by Gasteiger charge is -2.18. The molecule has 0 amide bonds. The van der Waals surface area contributed by atoms with E-state index in [-0.39, 0.29) is 5.76 Å². The zero-order valence-corrected chi connectivity index (χ0v) is 5.27. The Morgan fingerprint density at radius 2 is 2.00 bits per heavy atom. The van der Waals surface area contributed by atoms with Gasteiger partial charge >= 0.3 is 0 Å². The molecule has 47 valence electrons. The second-order valence-electron chi connectivity index (χ2n) is 2.09. The smallest absolute Gasteiger partial charge is 0.201 e. The van der Waals surface area contributed by atoms with E-state index in [0.29, 0.717) is 0 Å². The summed E-state index contributed by atoms with van der Waals surface area (Å²) in [7, 11) is 0. The minimum atomic E-state index is -1.14. The second kappa shape index (κ2) is 2.18. The van der Waals surface area contributed by atoms with E-state index in [1.165, 1.54) is 13.8 Å². The van der Waals surface area contributed by atoms with Gasteiger partial charge in [0.25, 0.3) is 0 Å².